The van der Waals surface area contributed by atoms with Crippen LogP contribution in [0.5, 0.6) is 0 Å². The van der Waals surface area contributed by atoms with Gasteiger partial charge in [0, 0.05) is 18.2 Å². The second-order valence-corrected chi connectivity index (χ2v) is 6.17. The summed E-state index contributed by atoms with van der Waals surface area (Å²) in [5.74, 6) is -0.0351. The highest BCUT2D eigenvalue weighted by molar-refractivity contribution is 5.93. The van der Waals surface area contributed by atoms with Crippen LogP contribution in [0.25, 0.3) is 0 Å². The van der Waals surface area contributed by atoms with E-state index in [2.05, 4.69) is 10.3 Å². The molecule has 1 fully saturated rings. The molecular formula is C17H25N3O3. The molecule has 0 bridgehead atoms. The zero-order valence-electron chi connectivity index (χ0n) is 13.5. The largest absolute Gasteiger partial charge is 0.348 e. The molecule has 6 heteroatoms. The highest BCUT2D eigenvalue weighted by Gasteiger charge is 2.21. The van der Waals surface area contributed by atoms with E-state index in [1.54, 1.807) is 11.5 Å². The van der Waals surface area contributed by atoms with Gasteiger partial charge in [0.1, 0.15) is 0 Å². The minimum absolute atomic E-state index is 0.0502. The van der Waals surface area contributed by atoms with Crippen LogP contribution in [0.3, 0.4) is 0 Å². The molecule has 126 valence electrons. The van der Waals surface area contributed by atoms with Crippen molar-refractivity contribution in [2.45, 2.75) is 57.9 Å². The summed E-state index contributed by atoms with van der Waals surface area (Å²) in [7, 11) is 0. The first-order valence-electron chi connectivity index (χ1n) is 8.33. The van der Waals surface area contributed by atoms with Gasteiger partial charge in [0.15, 0.2) is 0 Å². The summed E-state index contributed by atoms with van der Waals surface area (Å²) in [4.78, 5) is 28.1. The van der Waals surface area contributed by atoms with Crippen LogP contribution in [0.15, 0.2) is 18.3 Å². The molecule has 1 aliphatic rings. The van der Waals surface area contributed by atoms with Gasteiger partial charge in [0.2, 0.25) is 5.91 Å². The monoisotopic (exact) mass is 319 g/mol. The van der Waals surface area contributed by atoms with Gasteiger partial charge in [-0.3, -0.25) is 19.8 Å². The normalized spacial score (nSPS) is 16.1. The van der Waals surface area contributed by atoms with Crippen molar-refractivity contribution < 1.29 is 14.8 Å². The van der Waals surface area contributed by atoms with E-state index in [-0.39, 0.29) is 11.9 Å². The molecule has 1 aliphatic carbocycles. The number of hydrogen-bond donors (Lipinski definition) is 3. The molecule has 1 atom stereocenters. The third kappa shape index (κ3) is 5.03. The summed E-state index contributed by atoms with van der Waals surface area (Å²) in [6, 6.07) is 2.93. The predicted octanol–water partition coefficient (Wildman–Crippen LogP) is 2.74. The van der Waals surface area contributed by atoms with Crippen molar-refractivity contribution in [2.24, 2.45) is 5.92 Å². The van der Waals surface area contributed by atoms with Crippen molar-refractivity contribution in [1.82, 2.24) is 15.8 Å². The van der Waals surface area contributed by atoms with Crippen LogP contribution in [-0.2, 0) is 4.79 Å². The highest BCUT2D eigenvalue weighted by atomic mass is 16.5. The molecule has 0 aromatic carbocycles. The van der Waals surface area contributed by atoms with Gasteiger partial charge in [-0.25, -0.2) is 5.48 Å². The minimum Gasteiger partial charge on any atom is -0.348 e. The molecule has 1 unspecified atom stereocenters. The number of hydrogen-bond acceptors (Lipinski definition) is 4. The Labute approximate surface area is 136 Å². The first kappa shape index (κ1) is 17.4. The summed E-state index contributed by atoms with van der Waals surface area (Å²) in [6.07, 6.45) is 8.45. The molecule has 0 radical (unpaired) electrons. The summed E-state index contributed by atoms with van der Waals surface area (Å²) < 4.78 is 0. The second-order valence-electron chi connectivity index (χ2n) is 6.17. The Hall–Kier alpha value is -1.95. The average Bonchev–Trinajstić information content (AvgIpc) is 3.06. The number of amides is 2. The number of aromatic nitrogens is 1. The fraction of sp³-hybridized carbons (Fsp3) is 0.588. The number of nitrogens with zero attached hydrogens (tertiary/aromatic N) is 1. The van der Waals surface area contributed by atoms with Crippen LogP contribution in [0.2, 0.25) is 0 Å². The van der Waals surface area contributed by atoms with Gasteiger partial charge in [0.05, 0.1) is 11.7 Å². The Kier molecular flexibility index (Phi) is 6.52. The number of rotatable bonds is 7. The fourth-order valence-electron chi connectivity index (χ4n) is 3.16. The van der Waals surface area contributed by atoms with E-state index in [9.17, 15) is 9.59 Å². The molecule has 2 rings (SSSR count). The van der Waals surface area contributed by atoms with Crippen molar-refractivity contribution in [2.75, 3.05) is 0 Å². The molecule has 2 amide bonds. The van der Waals surface area contributed by atoms with Crippen molar-refractivity contribution in [1.29, 1.82) is 0 Å². The van der Waals surface area contributed by atoms with Crippen molar-refractivity contribution in [3.8, 4) is 0 Å². The van der Waals surface area contributed by atoms with Crippen molar-refractivity contribution in [3.63, 3.8) is 0 Å². The molecular weight excluding hydrogens is 294 g/mol. The fourth-order valence-corrected chi connectivity index (χ4v) is 3.16. The molecule has 0 aliphatic heterocycles. The van der Waals surface area contributed by atoms with Gasteiger partial charge >= 0.3 is 0 Å². The third-order valence-electron chi connectivity index (χ3n) is 4.36. The standard InChI is InChI=1S/C17H25N3O3/c1-2-5-14(19-16(21)10-12-6-3-4-7-12)15-11-13(8-9-18-15)17(22)20-23/h8-9,11-12,14,23H,2-7,10H2,1H3,(H,19,21)(H,20,22). The number of pyridine rings is 1. The summed E-state index contributed by atoms with van der Waals surface area (Å²) in [5.41, 5.74) is 2.58. The van der Waals surface area contributed by atoms with E-state index in [1.165, 1.54) is 25.1 Å². The van der Waals surface area contributed by atoms with Gasteiger partial charge in [-0.2, -0.15) is 0 Å². The Bertz CT molecular complexity index is 542. The van der Waals surface area contributed by atoms with Crippen LogP contribution in [0.1, 0.15) is 74.0 Å². The smallest absolute Gasteiger partial charge is 0.274 e. The van der Waals surface area contributed by atoms with E-state index in [1.807, 2.05) is 6.92 Å². The van der Waals surface area contributed by atoms with Crippen molar-refractivity contribution >= 4 is 11.8 Å². The second kappa shape index (κ2) is 8.62. The maximum absolute atomic E-state index is 12.3. The Balaban J connectivity index is 2.04. The van der Waals surface area contributed by atoms with E-state index >= 15 is 0 Å². The highest BCUT2D eigenvalue weighted by Crippen LogP contribution is 2.28. The van der Waals surface area contributed by atoms with Crippen LogP contribution in [0.4, 0.5) is 0 Å². The van der Waals surface area contributed by atoms with Gasteiger partial charge in [-0.05, 0) is 37.3 Å². The molecule has 3 N–H and O–H groups in total. The molecule has 1 aromatic heterocycles. The van der Waals surface area contributed by atoms with Gasteiger partial charge in [-0.1, -0.05) is 26.2 Å². The molecule has 1 saturated carbocycles. The van der Waals surface area contributed by atoms with E-state index < -0.39 is 5.91 Å². The average molecular weight is 319 g/mol. The van der Waals surface area contributed by atoms with Crippen LogP contribution < -0.4 is 10.8 Å². The molecule has 6 nitrogen and oxygen atoms in total. The predicted molar refractivity (Wildman–Crippen MR) is 85.9 cm³/mol. The van der Waals surface area contributed by atoms with Gasteiger partial charge in [0.25, 0.3) is 5.91 Å². The Morgan fingerprint density at radius 3 is 2.78 bits per heavy atom. The lowest BCUT2D eigenvalue weighted by Gasteiger charge is -2.19. The SMILES string of the molecule is CCCC(NC(=O)CC1CCCC1)c1cc(C(=O)NO)ccn1. The number of nitrogens with one attached hydrogen (secondary N) is 2. The Morgan fingerprint density at radius 2 is 2.13 bits per heavy atom. The first-order chi connectivity index (χ1) is 11.1. The van der Waals surface area contributed by atoms with Crippen LogP contribution in [-0.4, -0.2) is 22.0 Å². The Morgan fingerprint density at radius 1 is 1.39 bits per heavy atom. The molecule has 0 spiro atoms. The summed E-state index contributed by atoms with van der Waals surface area (Å²) in [5, 5.41) is 11.8. The number of hydroxylamine groups is 1. The summed E-state index contributed by atoms with van der Waals surface area (Å²) in [6.45, 7) is 2.04. The lowest BCUT2D eigenvalue weighted by atomic mass is 10.0. The molecule has 0 saturated heterocycles. The lowest BCUT2D eigenvalue weighted by Crippen LogP contribution is -2.30. The zero-order chi connectivity index (χ0) is 16.7. The number of carbonyl (C=O) groups excluding carboxylic acids is 2. The minimum atomic E-state index is -0.582. The third-order valence-corrected chi connectivity index (χ3v) is 4.36. The molecule has 1 aromatic rings. The molecule has 1 heterocycles. The van der Waals surface area contributed by atoms with Gasteiger partial charge in [-0.15, -0.1) is 0 Å². The van der Waals surface area contributed by atoms with E-state index in [0.717, 1.165) is 25.7 Å². The summed E-state index contributed by atoms with van der Waals surface area (Å²) >= 11 is 0. The maximum Gasteiger partial charge on any atom is 0.274 e. The van der Waals surface area contributed by atoms with Crippen LogP contribution >= 0.6 is 0 Å². The van der Waals surface area contributed by atoms with Crippen LogP contribution in [0, 0.1) is 5.92 Å². The molecule has 23 heavy (non-hydrogen) atoms. The maximum atomic E-state index is 12.3. The number of carbonyl (C=O) groups is 2. The first-order valence-corrected chi connectivity index (χ1v) is 8.33. The van der Waals surface area contributed by atoms with E-state index in [0.29, 0.717) is 23.6 Å². The van der Waals surface area contributed by atoms with E-state index in [4.69, 9.17) is 5.21 Å². The quantitative estimate of drug-likeness (QED) is 0.532. The topological polar surface area (TPSA) is 91.3 Å². The zero-order valence-corrected chi connectivity index (χ0v) is 13.5. The van der Waals surface area contributed by atoms with Gasteiger partial charge < -0.3 is 5.32 Å². The van der Waals surface area contributed by atoms with Crippen molar-refractivity contribution in [3.05, 3.63) is 29.6 Å². The lowest BCUT2D eigenvalue weighted by molar-refractivity contribution is -0.122.